The zero-order chi connectivity index (χ0) is 15.9. The van der Waals surface area contributed by atoms with E-state index in [4.69, 9.17) is 14.2 Å². The summed E-state index contributed by atoms with van der Waals surface area (Å²) in [5.41, 5.74) is 1.54. The topological polar surface area (TPSA) is 61.8 Å². The van der Waals surface area contributed by atoms with Gasteiger partial charge < -0.3 is 14.2 Å². The molecule has 0 aliphatic rings. The Morgan fingerprint density at radius 3 is 2.45 bits per heavy atom. The van der Waals surface area contributed by atoms with E-state index in [0.717, 1.165) is 5.56 Å². The predicted octanol–water partition coefficient (Wildman–Crippen LogP) is 2.80. The number of benzene rings is 2. The first-order chi connectivity index (χ1) is 10.6. The molecule has 0 aliphatic carbocycles. The van der Waals surface area contributed by atoms with Crippen molar-refractivity contribution in [3.8, 4) is 17.2 Å². The van der Waals surface area contributed by atoms with Gasteiger partial charge in [-0.25, -0.2) is 4.79 Å². The second kappa shape index (κ2) is 7.26. The molecule has 0 aliphatic heterocycles. The number of aryl methyl sites for hydroxylation is 1. The van der Waals surface area contributed by atoms with Crippen LogP contribution >= 0.6 is 0 Å². The maximum atomic E-state index is 11.8. The van der Waals surface area contributed by atoms with Crippen LogP contribution in [0.4, 0.5) is 0 Å². The van der Waals surface area contributed by atoms with Gasteiger partial charge in [0.25, 0.3) is 0 Å². The van der Waals surface area contributed by atoms with Crippen LogP contribution in [0.5, 0.6) is 17.2 Å². The van der Waals surface area contributed by atoms with Gasteiger partial charge in [-0.2, -0.15) is 0 Å². The number of methoxy groups -OCH3 is 1. The molecule has 0 saturated heterocycles. The molecule has 2 aromatic carbocycles. The van der Waals surface area contributed by atoms with E-state index in [0.29, 0.717) is 23.3 Å². The minimum Gasteiger partial charge on any atom is -0.493 e. The van der Waals surface area contributed by atoms with Crippen LogP contribution in [-0.4, -0.2) is 26.0 Å². The summed E-state index contributed by atoms with van der Waals surface area (Å²) in [7, 11) is 1.43. The number of carbonyl (C=O) groups excluding carboxylic acids is 2. The average Bonchev–Trinajstić information content (AvgIpc) is 2.54. The number of carbonyl (C=O) groups is 2. The number of rotatable bonds is 6. The van der Waals surface area contributed by atoms with Gasteiger partial charge in [-0.1, -0.05) is 17.7 Å². The van der Waals surface area contributed by atoms with Gasteiger partial charge >= 0.3 is 5.97 Å². The highest BCUT2D eigenvalue weighted by molar-refractivity contribution is 5.78. The van der Waals surface area contributed by atoms with Crippen LogP contribution in [0.3, 0.4) is 0 Å². The summed E-state index contributed by atoms with van der Waals surface area (Å²) >= 11 is 0. The van der Waals surface area contributed by atoms with Crippen molar-refractivity contribution in [1.82, 2.24) is 0 Å². The maximum Gasteiger partial charge on any atom is 0.349 e. The Balaban J connectivity index is 1.97. The SMILES string of the molecule is COc1cc(C=O)ccc1OC(=O)COc1ccc(C)cc1. The van der Waals surface area contributed by atoms with Crippen molar-refractivity contribution in [2.45, 2.75) is 6.92 Å². The molecule has 22 heavy (non-hydrogen) atoms. The molecule has 0 spiro atoms. The monoisotopic (exact) mass is 300 g/mol. The number of esters is 1. The molecule has 0 amide bonds. The summed E-state index contributed by atoms with van der Waals surface area (Å²) in [6, 6.07) is 11.9. The normalized spacial score (nSPS) is 9.91. The molecule has 0 aromatic heterocycles. The van der Waals surface area contributed by atoms with Crippen molar-refractivity contribution in [3.63, 3.8) is 0 Å². The van der Waals surface area contributed by atoms with E-state index in [-0.39, 0.29) is 12.4 Å². The molecule has 0 atom stereocenters. The minimum atomic E-state index is -0.558. The van der Waals surface area contributed by atoms with E-state index >= 15 is 0 Å². The van der Waals surface area contributed by atoms with Crippen LogP contribution in [-0.2, 0) is 4.79 Å². The molecule has 5 nitrogen and oxygen atoms in total. The van der Waals surface area contributed by atoms with Crippen molar-refractivity contribution >= 4 is 12.3 Å². The van der Waals surface area contributed by atoms with Gasteiger partial charge in [0.1, 0.15) is 12.0 Å². The smallest absolute Gasteiger partial charge is 0.349 e. The summed E-state index contributed by atoms with van der Waals surface area (Å²) in [6.07, 6.45) is 0.689. The summed E-state index contributed by atoms with van der Waals surface area (Å²) in [4.78, 5) is 22.5. The van der Waals surface area contributed by atoms with Crippen molar-refractivity contribution in [2.75, 3.05) is 13.7 Å². The Bertz CT molecular complexity index is 661. The van der Waals surface area contributed by atoms with Crippen LogP contribution < -0.4 is 14.2 Å². The highest BCUT2D eigenvalue weighted by Gasteiger charge is 2.11. The molecule has 0 bridgehead atoms. The molecule has 2 rings (SSSR count). The molecule has 0 heterocycles. The summed E-state index contributed by atoms with van der Waals surface area (Å²) in [6.45, 7) is 1.74. The molecule has 114 valence electrons. The number of hydrogen-bond donors (Lipinski definition) is 0. The van der Waals surface area contributed by atoms with Crippen LogP contribution in [0.2, 0.25) is 0 Å². The quantitative estimate of drug-likeness (QED) is 0.466. The summed E-state index contributed by atoms with van der Waals surface area (Å²) < 4.78 is 15.6. The molecule has 5 heteroatoms. The molecule has 0 N–H and O–H groups in total. The first kappa shape index (κ1) is 15.6. The standard InChI is InChI=1S/C17H16O5/c1-12-3-6-14(7-4-12)21-11-17(19)22-15-8-5-13(10-18)9-16(15)20-2/h3-10H,11H2,1-2H3. The van der Waals surface area contributed by atoms with E-state index in [1.54, 1.807) is 18.2 Å². The van der Waals surface area contributed by atoms with Gasteiger partial charge in [0, 0.05) is 5.56 Å². The third-order valence-corrected chi connectivity index (χ3v) is 2.93. The molecule has 2 aromatic rings. The number of hydrogen-bond acceptors (Lipinski definition) is 5. The lowest BCUT2D eigenvalue weighted by atomic mass is 10.2. The van der Waals surface area contributed by atoms with Gasteiger partial charge in [0.15, 0.2) is 18.1 Å². The molecule has 0 saturated carbocycles. The second-order valence-corrected chi connectivity index (χ2v) is 4.60. The third-order valence-electron chi connectivity index (χ3n) is 2.93. The van der Waals surface area contributed by atoms with Gasteiger partial charge in [-0.3, -0.25) is 4.79 Å². The van der Waals surface area contributed by atoms with Gasteiger partial charge in [-0.05, 0) is 37.3 Å². The third kappa shape index (κ3) is 4.09. The van der Waals surface area contributed by atoms with Crippen LogP contribution in [0.25, 0.3) is 0 Å². The Kier molecular flexibility index (Phi) is 5.14. The fourth-order valence-corrected chi connectivity index (χ4v) is 1.77. The van der Waals surface area contributed by atoms with E-state index < -0.39 is 5.97 Å². The Hall–Kier alpha value is -2.82. The lowest BCUT2D eigenvalue weighted by molar-refractivity contribution is -0.136. The first-order valence-electron chi connectivity index (χ1n) is 6.65. The highest BCUT2D eigenvalue weighted by atomic mass is 16.6. The van der Waals surface area contributed by atoms with Crippen LogP contribution in [0.15, 0.2) is 42.5 Å². The van der Waals surface area contributed by atoms with Gasteiger partial charge in [0.05, 0.1) is 7.11 Å². The van der Waals surface area contributed by atoms with Gasteiger partial charge in [0.2, 0.25) is 0 Å². The predicted molar refractivity (Wildman–Crippen MR) is 80.7 cm³/mol. The van der Waals surface area contributed by atoms with E-state index in [9.17, 15) is 9.59 Å². The Morgan fingerprint density at radius 1 is 1.09 bits per heavy atom. The van der Waals surface area contributed by atoms with Crippen molar-refractivity contribution in [1.29, 1.82) is 0 Å². The van der Waals surface area contributed by atoms with Crippen molar-refractivity contribution < 1.29 is 23.8 Å². The zero-order valence-electron chi connectivity index (χ0n) is 12.4. The largest absolute Gasteiger partial charge is 0.493 e. The maximum absolute atomic E-state index is 11.8. The Morgan fingerprint density at radius 2 is 1.82 bits per heavy atom. The first-order valence-corrected chi connectivity index (χ1v) is 6.65. The van der Waals surface area contributed by atoms with Crippen molar-refractivity contribution in [2.24, 2.45) is 0 Å². The molecule has 0 fully saturated rings. The minimum absolute atomic E-state index is 0.221. The highest BCUT2D eigenvalue weighted by Crippen LogP contribution is 2.27. The number of ether oxygens (including phenoxy) is 3. The summed E-state index contributed by atoms with van der Waals surface area (Å²) in [5, 5.41) is 0. The van der Waals surface area contributed by atoms with E-state index in [2.05, 4.69) is 0 Å². The Labute approximate surface area is 128 Å². The fourth-order valence-electron chi connectivity index (χ4n) is 1.77. The van der Waals surface area contributed by atoms with Crippen molar-refractivity contribution in [3.05, 3.63) is 53.6 Å². The second-order valence-electron chi connectivity index (χ2n) is 4.60. The van der Waals surface area contributed by atoms with E-state index in [1.807, 2.05) is 19.1 Å². The molecular formula is C17H16O5. The molecule has 0 radical (unpaired) electrons. The summed E-state index contributed by atoms with van der Waals surface area (Å²) in [5.74, 6) is 0.586. The zero-order valence-corrected chi connectivity index (χ0v) is 12.4. The lowest BCUT2D eigenvalue weighted by Crippen LogP contribution is -2.18. The average molecular weight is 300 g/mol. The molecular weight excluding hydrogens is 284 g/mol. The molecule has 0 unspecified atom stereocenters. The van der Waals surface area contributed by atoms with Crippen LogP contribution in [0, 0.1) is 6.92 Å². The number of aldehydes is 1. The van der Waals surface area contributed by atoms with Crippen LogP contribution in [0.1, 0.15) is 15.9 Å². The van der Waals surface area contributed by atoms with Gasteiger partial charge in [-0.15, -0.1) is 0 Å². The van der Waals surface area contributed by atoms with E-state index in [1.165, 1.54) is 19.2 Å². The lowest BCUT2D eigenvalue weighted by Gasteiger charge is -2.10. The fraction of sp³-hybridized carbons (Fsp3) is 0.176.